The van der Waals surface area contributed by atoms with Gasteiger partial charge in [-0.2, -0.15) is 0 Å². The lowest BCUT2D eigenvalue weighted by Gasteiger charge is -2.27. The van der Waals surface area contributed by atoms with Gasteiger partial charge in [-0.1, -0.05) is 50.3 Å². The maximum Gasteiger partial charge on any atom is 0.0875 e. The summed E-state index contributed by atoms with van der Waals surface area (Å²) in [6, 6.07) is 9.65. The molecule has 0 bridgehead atoms. The van der Waals surface area contributed by atoms with Gasteiger partial charge in [-0.3, -0.25) is 0 Å². The minimum atomic E-state index is -0.480. The predicted molar refractivity (Wildman–Crippen MR) is 55.4 cm³/mol. The van der Waals surface area contributed by atoms with E-state index in [9.17, 15) is 5.11 Å². The number of hydrogen-bond acceptors (Lipinski definition) is 1. The zero-order chi connectivity index (χ0) is 9.90. The standard InChI is InChI=1S/C12H16O/c1-4-12(2,3)11(13)10-8-6-5-7-9-10/h4-9,11,13H,1H2,2-3H3/t11-/m1/s1. The Balaban J connectivity index is 2.91. The molecule has 0 aromatic heterocycles. The summed E-state index contributed by atoms with van der Waals surface area (Å²) >= 11 is 0. The number of benzene rings is 1. The van der Waals surface area contributed by atoms with Crippen molar-refractivity contribution in [3.05, 3.63) is 48.6 Å². The van der Waals surface area contributed by atoms with E-state index in [-0.39, 0.29) is 5.41 Å². The third-order valence-corrected chi connectivity index (χ3v) is 2.35. The topological polar surface area (TPSA) is 20.2 Å². The predicted octanol–water partition coefficient (Wildman–Crippen LogP) is 2.93. The normalized spacial score (nSPS) is 13.8. The lowest BCUT2D eigenvalue weighted by atomic mass is 9.83. The summed E-state index contributed by atoms with van der Waals surface area (Å²) in [5, 5.41) is 9.98. The van der Waals surface area contributed by atoms with Crippen LogP contribution in [0.2, 0.25) is 0 Å². The first-order valence-electron chi connectivity index (χ1n) is 4.44. The van der Waals surface area contributed by atoms with Gasteiger partial charge in [0.15, 0.2) is 0 Å². The summed E-state index contributed by atoms with van der Waals surface area (Å²) in [6.45, 7) is 7.66. The molecule has 0 spiro atoms. The molecule has 13 heavy (non-hydrogen) atoms. The van der Waals surface area contributed by atoms with Gasteiger partial charge in [0.2, 0.25) is 0 Å². The van der Waals surface area contributed by atoms with Crippen LogP contribution in [0.4, 0.5) is 0 Å². The highest BCUT2D eigenvalue weighted by Crippen LogP contribution is 2.33. The molecule has 0 aliphatic carbocycles. The summed E-state index contributed by atoms with van der Waals surface area (Å²) in [5.74, 6) is 0. The largest absolute Gasteiger partial charge is 0.388 e. The van der Waals surface area contributed by atoms with Gasteiger partial charge in [0.05, 0.1) is 6.10 Å². The highest BCUT2D eigenvalue weighted by molar-refractivity contribution is 5.20. The van der Waals surface area contributed by atoms with Gasteiger partial charge in [0.1, 0.15) is 0 Å². The lowest BCUT2D eigenvalue weighted by molar-refractivity contribution is 0.0822. The Bertz CT molecular complexity index is 274. The van der Waals surface area contributed by atoms with Gasteiger partial charge < -0.3 is 5.11 Å². The minimum Gasteiger partial charge on any atom is -0.388 e. The van der Waals surface area contributed by atoms with Crippen molar-refractivity contribution < 1.29 is 5.11 Å². The van der Waals surface area contributed by atoms with E-state index in [2.05, 4.69) is 6.58 Å². The van der Waals surface area contributed by atoms with Crippen LogP contribution < -0.4 is 0 Å². The summed E-state index contributed by atoms with van der Waals surface area (Å²) in [6.07, 6.45) is 1.30. The molecule has 1 aromatic carbocycles. The van der Waals surface area contributed by atoms with Gasteiger partial charge in [0, 0.05) is 5.41 Å². The molecule has 0 aliphatic rings. The molecule has 0 amide bonds. The van der Waals surface area contributed by atoms with Crippen LogP contribution in [0.1, 0.15) is 25.5 Å². The lowest BCUT2D eigenvalue weighted by Crippen LogP contribution is -2.18. The molecule has 0 unspecified atom stereocenters. The molecule has 0 fully saturated rings. The van der Waals surface area contributed by atoms with Crippen LogP contribution in [0.5, 0.6) is 0 Å². The first-order valence-corrected chi connectivity index (χ1v) is 4.44. The monoisotopic (exact) mass is 176 g/mol. The Labute approximate surface area is 79.7 Å². The van der Waals surface area contributed by atoms with Gasteiger partial charge in [-0.15, -0.1) is 6.58 Å². The van der Waals surface area contributed by atoms with E-state index in [1.807, 2.05) is 44.2 Å². The van der Waals surface area contributed by atoms with Crippen LogP contribution in [0.25, 0.3) is 0 Å². The van der Waals surface area contributed by atoms with Gasteiger partial charge in [-0.25, -0.2) is 0 Å². The van der Waals surface area contributed by atoms with Crippen LogP contribution in [0.3, 0.4) is 0 Å². The van der Waals surface area contributed by atoms with Gasteiger partial charge >= 0.3 is 0 Å². The van der Waals surface area contributed by atoms with Crippen molar-refractivity contribution in [1.82, 2.24) is 0 Å². The zero-order valence-electron chi connectivity index (χ0n) is 8.20. The van der Waals surface area contributed by atoms with E-state index in [0.29, 0.717) is 0 Å². The van der Waals surface area contributed by atoms with Gasteiger partial charge in [-0.05, 0) is 5.56 Å². The quantitative estimate of drug-likeness (QED) is 0.702. The van der Waals surface area contributed by atoms with Crippen LogP contribution in [0, 0.1) is 5.41 Å². The highest BCUT2D eigenvalue weighted by atomic mass is 16.3. The van der Waals surface area contributed by atoms with Crippen LogP contribution in [-0.4, -0.2) is 5.11 Å². The summed E-state index contributed by atoms with van der Waals surface area (Å²) in [5.41, 5.74) is 0.661. The maximum atomic E-state index is 9.98. The second-order valence-corrected chi connectivity index (χ2v) is 3.84. The van der Waals surface area contributed by atoms with E-state index in [0.717, 1.165) is 5.56 Å². The molecule has 1 N–H and O–H groups in total. The van der Waals surface area contributed by atoms with Crippen molar-refractivity contribution >= 4 is 0 Å². The molecule has 1 aromatic rings. The summed E-state index contributed by atoms with van der Waals surface area (Å²) < 4.78 is 0. The first-order chi connectivity index (χ1) is 6.08. The fourth-order valence-corrected chi connectivity index (χ4v) is 1.18. The van der Waals surface area contributed by atoms with Gasteiger partial charge in [0.25, 0.3) is 0 Å². The molecule has 0 saturated carbocycles. The van der Waals surface area contributed by atoms with E-state index < -0.39 is 6.10 Å². The van der Waals surface area contributed by atoms with Crippen molar-refractivity contribution in [2.24, 2.45) is 5.41 Å². The molecule has 0 heterocycles. The van der Waals surface area contributed by atoms with E-state index in [1.165, 1.54) is 0 Å². The van der Waals surface area contributed by atoms with Crippen LogP contribution in [-0.2, 0) is 0 Å². The van der Waals surface area contributed by atoms with E-state index >= 15 is 0 Å². The highest BCUT2D eigenvalue weighted by Gasteiger charge is 2.25. The summed E-state index contributed by atoms with van der Waals surface area (Å²) in [4.78, 5) is 0. The van der Waals surface area contributed by atoms with Crippen molar-refractivity contribution in [3.63, 3.8) is 0 Å². The number of rotatable bonds is 3. The molecular weight excluding hydrogens is 160 g/mol. The minimum absolute atomic E-state index is 0.276. The Hall–Kier alpha value is -1.08. The molecule has 0 aliphatic heterocycles. The number of aliphatic hydroxyl groups is 1. The first kappa shape index (κ1) is 10.0. The smallest absolute Gasteiger partial charge is 0.0875 e. The fourth-order valence-electron chi connectivity index (χ4n) is 1.18. The number of hydrogen-bond donors (Lipinski definition) is 1. The van der Waals surface area contributed by atoms with Crippen molar-refractivity contribution in [2.45, 2.75) is 20.0 Å². The average molecular weight is 176 g/mol. The number of aliphatic hydroxyl groups excluding tert-OH is 1. The molecule has 70 valence electrons. The van der Waals surface area contributed by atoms with Crippen LogP contribution in [0.15, 0.2) is 43.0 Å². The molecule has 1 heteroatoms. The fraction of sp³-hybridized carbons (Fsp3) is 0.333. The Morgan fingerprint density at radius 1 is 1.31 bits per heavy atom. The van der Waals surface area contributed by atoms with E-state index in [4.69, 9.17) is 0 Å². The second-order valence-electron chi connectivity index (χ2n) is 3.84. The molecule has 1 nitrogen and oxygen atoms in total. The molecule has 0 saturated heterocycles. The molecular formula is C12H16O. The molecule has 1 atom stereocenters. The van der Waals surface area contributed by atoms with Crippen molar-refractivity contribution in [1.29, 1.82) is 0 Å². The van der Waals surface area contributed by atoms with Crippen molar-refractivity contribution in [2.75, 3.05) is 0 Å². The molecule has 0 radical (unpaired) electrons. The SMILES string of the molecule is C=CC(C)(C)[C@H](O)c1ccccc1. The second kappa shape index (κ2) is 3.75. The Morgan fingerprint density at radius 2 is 1.85 bits per heavy atom. The molecule has 1 rings (SSSR count). The zero-order valence-corrected chi connectivity index (χ0v) is 8.20. The van der Waals surface area contributed by atoms with Crippen molar-refractivity contribution in [3.8, 4) is 0 Å². The van der Waals surface area contributed by atoms with E-state index in [1.54, 1.807) is 6.08 Å². The third kappa shape index (κ3) is 2.19. The average Bonchev–Trinajstić information content (AvgIpc) is 2.18. The maximum absolute atomic E-state index is 9.98. The summed E-state index contributed by atoms with van der Waals surface area (Å²) in [7, 11) is 0. The Kier molecular flexibility index (Phi) is 2.89. The Morgan fingerprint density at radius 3 is 2.31 bits per heavy atom. The van der Waals surface area contributed by atoms with Crippen LogP contribution >= 0.6 is 0 Å². The third-order valence-electron chi connectivity index (χ3n) is 2.35.